The molecule has 2 aliphatic carbocycles. The molecule has 0 radical (unpaired) electrons. The summed E-state index contributed by atoms with van der Waals surface area (Å²) in [6.45, 7) is 12.7. The molecule has 0 fully saturated rings. The van der Waals surface area contributed by atoms with Gasteiger partial charge in [-0.25, -0.2) is 23.3 Å². The SMILES string of the molecule is CC1=[C-]CC(C)=C1.CC1=[C-]CC(C)=C1.C[C](C)=[Zr+2]. The van der Waals surface area contributed by atoms with Gasteiger partial charge in [0.25, 0.3) is 0 Å². The maximum atomic E-state index is 3.19. The molecule has 0 atom stereocenters. The molecule has 0 heterocycles. The molecule has 0 aliphatic heterocycles. The molecule has 0 bridgehead atoms. The Morgan fingerprint density at radius 3 is 1.22 bits per heavy atom. The Bertz CT molecular complexity index is 365. The summed E-state index contributed by atoms with van der Waals surface area (Å²) < 4.78 is 1.51. The zero-order chi connectivity index (χ0) is 14.1. The van der Waals surface area contributed by atoms with Crippen molar-refractivity contribution in [1.29, 1.82) is 0 Å². The molecule has 2 rings (SSSR count). The Labute approximate surface area is 128 Å². The first-order valence-corrected chi connectivity index (χ1v) is 7.55. The van der Waals surface area contributed by atoms with Crippen molar-refractivity contribution in [3.8, 4) is 0 Å². The van der Waals surface area contributed by atoms with Crippen LogP contribution in [0.5, 0.6) is 0 Å². The molecule has 0 nitrogen and oxygen atoms in total. The van der Waals surface area contributed by atoms with Gasteiger partial charge in [-0.1, -0.05) is 27.7 Å². The van der Waals surface area contributed by atoms with Crippen LogP contribution in [0.4, 0.5) is 0 Å². The van der Waals surface area contributed by atoms with Crippen molar-refractivity contribution in [3.63, 3.8) is 0 Å². The van der Waals surface area contributed by atoms with E-state index in [1.807, 2.05) is 0 Å². The van der Waals surface area contributed by atoms with E-state index in [0.717, 1.165) is 12.8 Å². The van der Waals surface area contributed by atoms with E-state index in [0.29, 0.717) is 0 Å². The first-order chi connectivity index (χ1) is 8.31. The molecule has 0 aromatic rings. The van der Waals surface area contributed by atoms with Crippen molar-refractivity contribution in [3.05, 3.63) is 46.6 Å². The standard InChI is InChI=1S/2C7H9.C3H6.Zr/c2*1-6-3-4-7(2)5-6;1-3-2;/h2*5H,3H2,1-2H3;1-2H3;/q2*-1;;+2. The molecular formula is C17H24Zr. The molecular weight excluding hydrogens is 295 g/mol. The van der Waals surface area contributed by atoms with Crippen LogP contribution in [0.2, 0.25) is 0 Å². The summed E-state index contributed by atoms with van der Waals surface area (Å²) in [6, 6.07) is 0. The minimum absolute atomic E-state index is 1.05. The van der Waals surface area contributed by atoms with E-state index in [-0.39, 0.29) is 0 Å². The van der Waals surface area contributed by atoms with E-state index >= 15 is 0 Å². The quantitative estimate of drug-likeness (QED) is 0.556. The van der Waals surface area contributed by atoms with Gasteiger partial charge in [0, 0.05) is 0 Å². The van der Waals surface area contributed by atoms with Gasteiger partial charge in [0.15, 0.2) is 0 Å². The van der Waals surface area contributed by atoms with Crippen molar-refractivity contribution in [2.75, 3.05) is 0 Å². The summed E-state index contributed by atoms with van der Waals surface area (Å²) in [5, 5.41) is 0. The van der Waals surface area contributed by atoms with Crippen LogP contribution in [0.3, 0.4) is 0 Å². The molecule has 0 aromatic heterocycles. The summed E-state index contributed by atoms with van der Waals surface area (Å²) in [7, 11) is 0. The van der Waals surface area contributed by atoms with Crippen molar-refractivity contribution < 1.29 is 24.2 Å². The Kier molecular flexibility index (Phi) is 9.46. The van der Waals surface area contributed by atoms with Crippen LogP contribution >= 0.6 is 0 Å². The van der Waals surface area contributed by atoms with Crippen LogP contribution in [0.15, 0.2) is 34.4 Å². The zero-order valence-corrected chi connectivity index (χ0v) is 15.0. The predicted molar refractivity (Wildman–Crippen MR) is 78.0 cm³/mol. The average molecular weight is 320 g/mol. The Balaban J connectivity index is 0.000000253. The van der Waals surface area contributed by atoms with Crippen LogP contribution in [0, 0.1) is 12.2 Å². The third kappa shape index (κ3) is 10.8. The minimum atomic E-state index is 1.05. The van der Waals surface area contributed by atoms with Crippen molar-refractivity contribution >= 4 is 3.21 Å². The molecule has 1 heteroatoms. The van der Waals surface area contributed by atoms with E-state index in [9.17, 15) is 0 Å². The monoisotopic (exact) mass is 318 g/mol. The van der Waals surface area contributed by atoms with Crippen LogP contribution in [0.1, 0.15) is 54.4 Å². The van der Waals surface area contributed by atoms with E-state index in [2.05, 4.69) is 65.8 Å². The zero-order valence-electron chi connectivity index (χ0n) is 12.6. The molecule has 0 N–H and O–H groups in total. The molecule has 0 amide bonds. The van der Waals surface area contributed by atoms with E-state index in [4.69, 9.17) is 0 Å². The first-order valence-electron chi connectivity index (χ1n) is 6.32. The molecule has 0 saturated heterocycles. The fourth-order valence-electron chi connectivity index (χ4n) is 1.50. The van der Waals surface area contributed by atoms with Gasteiger partial charge in [0.05, 0.1) is 0 Å². The number of hydrogen-bond acceptors (Lipinski definition) is 0. The topological polar surface area (TPSA) is 0 Å². The van der Waals surface area contributed by atoms with Gasteiger partial charge < -0.3 is 0 Å². The second kappa shape index (κ2) is 9.62. The Morgan fingerprint density at radius 2 is 1.17 bits per heavy atom. The first kappa shape index (κ1) is 17.7. The fourth-order valence-corrected chi connectivity index (χ4v) is 1.50. The number of rotatable bonds is 0. The summed E-state index contributed by atoms with van der Waals surface area (Å²) in [5.41, 5.74) is 5.44. The van der Waals surface area contributed by atoms with Gasteiger partial charge >= 0.3 is 41.3 Å². The summed E-state index contributed by atoms with van der Waals surface area (Å²) in [6.07, 6.45) is 12.8. The Hall–Kier alpha value is -0.287. The van der Waals surface area contributed by atoms with Gasteiger partial charge in [0.1, 0.15) is 0 Å². The molecule has 2 aliphatic rings. The van der Waals surface area contributed by atoms with Gasteiger partial charge in [-0.05, 0) is 0 Å². The summed E-state index contributed by atoms with van der Waals surface area (Å²) in [4.78, 5) is 0. The van der Waals surface area contributed by atoms with E-state index < -0.39 is 0 Å². The average Bonchev–Trinajstić information content (AvgIpc) is 2.76. The molecule has 0 saturated carbocycles. The molecule has 18 heavy (non-hydrogen) atoms. The van der Waals surface area contributed by atoms with Crippen molar-refractivity contribution in [2.24, 2.45) is 0 Å². The fraction of sp³-hybridized carbons (Fsp3) is 0.471. The predicted octanol–water partition coefficient (Wildman–Crippen LogP) is 4.92. The second-order valence-electron chi connectivity index (χ2n) is 5.05. The van der Waals surface area contributed by atoms with Gasteiger partial charge in [-0.2, -0.15) is 11.1 Å². The van der Waals surface area contributed by atoms with Gasteiger partial charge in [-0.3, -0.25) is 12.2 Å². The molecule has 0 aromatic carbocycles. The second-order valence-corrected chi connectivity index (χ2v) is 7.51. The van der Waals surface area contributed by atoms with E-state index in [1.54, 1.807) is 24.2 Å². The Morgan fingerprint density at radius 1 is 0.889 bits per heavy atom. The third-order valence-electron chi connectivity index (χ3n) is 2.22. The van der Waals surface area contributed by atoms with E-state index in [1.165, 1.54) is 25.5 Å². The summed E-state index contributed by atoms with van der Waals surface area (Å²) in [5.74, 6) is 0. The van der Waals surface area contributed by atoms with Gasteiger partial charge in [0.2, 0.25) is 0 Å². The maximum absolute atomic E-state index is 3.19. The number of hydrogen-bond donors (Lipinski definition) is 0. The van der Waals surface area contributed by atoms with Crippen molar-refractivity contribution in [1.82, 2.24) is 0 Å². The molecule has 96 valence electrons. The van der Waals surface area contributed by atoms with Crippen LogP contribution in [-0.2, 0) is 24.2 Å². The normalized spacial score (nSPS) is 16.4. The molecule has 0 spiro atoms. The van der Waals surface area contributed by atoms with Gasteiger partial charge in [-0.15, -0.1) is 12.8 Å². The van der Waals surface area contributed by atoms with Crippen LogP contribution in [0.25, 0.3) is 0 Å². The summed E-state index contributed by atoms with van der Waals surface area (Å²) >= 11 is 1.55. The third-order valence-corrected chi connectivity index (χ3v) is 2.22. The number of allylic oxidation sites excluding steroid dienone is 8. The van der Waals surface area contributed by atoms with Crippen molar-refractivity contribution in [2.45, 2.75) is 54.4 Å². The van der Waals surface area contributed by atoms with Crippen LogP contribution in [-0.4, -0.2) is 3.21 Å². The molecule has 0 unspecified atom stereocenters. The van der Waals surface area contributed by atoms with Crippen LogP contribution < -0.4 is 0 Å².